The van der Waals surface area contributed by atoms with Crippen LogP contribution in [0.5, 0.6) is 0 Å². The molecule has 1 aromatic heterocycles. The smallest absolute Gasteiger partial charge is 0.410 e. The van der Waals surface area contributed by atoms with E-state index < -0.39 is 5.60 Å². The van der Waals surface area contributed by atoms with Crippen molar-refractivity contribution in [2.24, 2.45) is 0 Å². The topological polar surface area (TPSA) is 76.5 Å². The van der Waals surface area contributed by atoms with E-state index >= 15 is 0 Å². The van der Waals surface area contributed by atoms with E-state index in [1.807, 2.05) is 87.0 Å². The third-order valence-corrected chi connectivity index (χ3v) is 5.81. The van der Waals surface area contributed by atoms with Crippen LogP contribution in [-0.4, -0.2) is 38.8 Å². The van der Waals surface area contributed by atoms with Gasteiger partial charge in [0.15, 0.2) is 5.69 Å². The van der Waals surface area contributed by atoms with Gasteiger partial charge in [0.25, 0.3) is 5.91 Å². The Morgan fingerprint density at radius 2 is 1.76 bits per heavy atom. The molecule has 178 valence electrons. The molecule has 0 saturated carbocycles. The molecule has 34 heavy (non-hydrogen) atoms. The Bertz CT molecular complexity index is 1180. The molecule has 0 fully saturated rings. The van der Waals surface area contributed by atoms with Crippen LogP contribution in [0.2, 0.25) is 0 Å². The second-order valence-electron chi connectivity index (χ2n) is 9.48. The monoisotopic (exact) mass is 460 g/mol. The quantitative estimate of drug-likeness (QED) is 0.537. The fourth-order valence-electron chi connectivity index (χ4n) is 4.20. The molecule has 0 saturated heterocycles. The van der Waals surface area contributed by atoms with E-state index in [0.717, 1.165) is 41.8 Å². The zero-order chi connectivity index (χ0) is 24.3. The first-order valence-corrected chi connectivity index (χ1v) is 11.8. The van der Waals surface area contributed by atoms with E-state index in [0.29, 0.717) is 24.5 Å². The summed E-state index contributed by atoms with van der Waals surface area (Å²) in [4.78, 5) is 27.6. The van der Waals surface area contributed by atoms with Crippen LogP contribution in [0, 0.1) is 0 Å². The Kier molecular flexibility index (Phi) is 6.72. The van der Waals surface area contributed by atoms with E-state index in [1.54, 1.807) is 4.90 Å². The highest BCUT2D eigenvalue weighted by molar-refractivity contribution is 6.04. The summed E-state index contributed by atoms with van der Waals surface area (Å²) in [5, 5.41) is 7.74. The third kappa shape index (κ3) is 5.14. The molecule has 7 heteroatoms. The number of benzene rings is 2. The van der Waals surface area contributed by atoms with Gasteiger partial charge >= 0.3 is 6.09 Å². The summed E-state index contributed by atoms with van der Waals surface area (Å²) < 4.78 is 7.43. The molecule has 0 radical (unpaired) electrons. The highest BCUT2D eigenvalue weighted by Gasteiger charge is 2.28. The van der Waals surface area contributed by atoms with E-state index in [4.69, 9.17) is 9.84 Å². The minimum Gasteiger partial charge on any atom is -0.444 e. The van der Waals surface area contributed by atoms with Crippen molar-refractivity contribution in [3.8, 4) is 5.69 Å². The molecular formula is C27H32N4O3. The minimum atomic E-state index is -0.573. The van der Waals surface area contributed by atoms with Gasteiger partial charge in [-0.2, -0.15) is 5.10 Å². The summed E-state index contributed by atoms with van der Waals surface area (Å²) in [6.07, 6.45) is 2.38. The molecule has 1 heterocycles. The molecule has 1 aliphatic carbocycles. The number of ether oxygens (including phenoxy) is 1. The highest BCUT2D eigenvalue weighted by Crippen LogP contribution is 2.29. The second-order valence-corrected chi connectivity index (χ2v) is 9.48. The molecular weight excluding hydrogens is 428 g/mol. The molecule has 3 aromatic rings. The Morgan fingerprint density at radius 1 is 1.06 bits per heavy atom. The van der Waals surface area contributed by atoms with Gasteiger partial charge in [0.2, 0.25) is 0 Å². The molecule has 0 aliphatic heterocycles. The standard InChI is InChI=1S/C27H32N4O3/c1-5-30(26(33)34-27(2,3)4)18-19-12-9-10-16-22(19)28-25(32)24-21-15-11-17-23(21)31(29-24)20-13-7-6-8-14-20/h6-10,12-14,16H,5,11,15,17-18H2,1-4H3,(H,28,32). The lowest BCUT2D eigenvalue weighted by Gasteiger charge is -2.27. The van der Waals surface area contributed by atoms with E-state index in [2.05, 4.69) is 5.32 Å². The zero-order valence-corrected chi connectivity index (χ0v) is 20.3. The maximum absolute atomic E-state index is 13.4. The van der Waals surface area contributed by atoms with Crippen LogP contribution in [0.4, 0.5) is 10.5 Å². The number of anilines is 1. The van der Waals surface area contributed by atoms with Crippen molar-refractivity contribution in [3.63, 3.8) is 0 Å². The summed E-state index contributed by atoms with van der Waals surface area (Å²) >= 11 is 0. The average Bonchev–Trinajstić information content (AvgIpc) is 3.40. The molecule has 1 N–H and O–H groups in total. The van der Waals surface area contributed by atoms with Crippen LogP contribution in [0.25, 0.3) is 5.69 Å². The lowest BCUT2D eigenvalue weighted by molar-refractivity contribution is 0.0245. The number of carbonyl (C=O) groups excluding carboxylic acids is 2. The summed E-state index contributed by atoms with van der Waals surface area (Å²) in [6.45, 7) is 8.27. The lowest BCUT2D eigenvalue weighted by Crippen LogP contribution is -2.36. The average molecular weight is 461 g/mol. The van der Waals surface area contributed by atoms with Gasteiger partial charge in [0.05, 0.1) is 12.2 Å². The van der Waals surface area contributed by atoms with Gasteiger partial charge in [0, 0.05) is 23.5 Å². The number of nitrogens with zero attached hydrogens (tertiary/aromatic N) is 3. The van der Waals surface area contributed by atoms with Gasteiger partial charge in [0.1, 0.15) is 5.60 Å². The Morgan fingerprint density at radius 3 is 2.47 bits per heavy atom. The predicted molar refractivity (Wildman–Crippen MR) is 132 cm³/mol. The first-order chi connectivity index (χ1) is 16.3. The van der Waals surface area contributed by atoms with Gasteiger partial charge in [-0.05, 0) is 70.7 Å². The maximum atomic E-state index is 13.4. The maximum Gasteiger partial charge on any atom is 0.410 e. The second kappa shape index (κ2) is 9.71. The molecule has 2 amide bonds. The first kappa shape index (κ1) is 23.5. The molecule has 1 aliphatic rings. The van der Waals surface area contributed by atoms with Crippen molar-refractivity contribution in [3.05, 3.63) is 77.1 Å². The van der Waals surface area contributed by atoms with Crippen molar-refractivity contribution in [1.29, 1.82) is 0 Å². The number of rotatable bonds is 6. The third-order valence-electron chi connectivity index (χ3n) is 5.81. The van der Waals surface area contributed by atoms with E-state index in [1.165, 1.54) is 0 Å². The fourth-order valence-corrected chi connectivity index (χ4v) is 4.20. The number of hydrogen-bond donors (Lipinski definition) is 1. The number of carbonyl (C=O) groups is 2. The van der Waals surface area contributed by atoms with Gasteiger partial charge in [-0.1, -0.05) is 36.4 Å². The number of fused-ring (bicyclic) bond motifs is 1. The summed E-state index contributed by atoms with van der Waals surface area (Å²) in [6, 6.07) is 17.4. The molecule has 7 nitrogen and oxygen atoms in total. The van der Waals surface area contributed by atoms with Gasteiger partial charge in [-0.25, -0.2) is 9.48 Å². The van der Waals surface area contributed by atoms with Crippen molar-refractivity contribution < 1.29 is 14.3 Å². The number of aromatic nitrogens is 2. The molecule has 0 bridgehead atoms. The number of nitrogens with one attached hydrogen (secondary N) is 1. The van der Waals surface area contributed by atoms with Crippen LogP contribution in [-0.2, 0) is 24.1 Å². The Labute approximate surface area is 200 Å². The van der Waals surface area contributed by atoms with Crippen molar-refractivity contribution in [1.82, 2.24) is 14.7 Å². The minimum absolute atomic E-state index is 0.236. The van der Waals surface area contributed by atoms with Crippen LogP contribution < -0.4 is 5.32 Å². The molecule has 4 rings (SSSR count). The number of para-hydroxylation sites is 2. The van der Waals surface area contributed by atoms with Crippen LogP contribution in [0.3, 0.4) is 0 Å². The SMILES string of the molecule is CCN(Cc1ccccc1NC(=O)c1nn(-c2ccccc2)c2c1CCC2)C(=O)OC(C)(C)C. The molecule has 2 aromatic carbocycles. The Balaban J connectivity index is 1.57. The van der Waals surface area contributed by atoms with Gasteiger partial charge in [-0.3, -0.25) is 4.79 Å². The Hall–Kier alpha value is -3.61. The van der Waals surface area contributed by atoms with Crippen molar-refractivity contribution in [2.75, 3.05) is 11.9 Å². The lowest BCUT2D eigenvalue weighted by atomic mass is 10.1. The predicted octanol–water partition coefficient (Wildman–Crippen LogP) is 5.37. The normalized spacial score (nSPS) is 12.8. The number of amides is 2. The highest BCUT2D eigenvalue weighted by atomic mass is 16.6. The van der Waals surface area contributed by atoms with Crippen molar-refractivity contribution >= 4 is 17.7 Å². The number of hydrogen-bond acceptors (Lipinski definition) is 4. The van der Waals surface area contributed by atoms with Gasteiger partial charge in [-0.15, -0.1) is 0 Å². The van der Waals surface area contributed by atoms with Gasteiger partial charge < -0.3 is 15.0 Å². The van der Waals surface area contributed by atoms with Crippen LogP contribution in [0.15, 0.2) is 54.6 Å². The van der Waals surface area contributed by atoms with Crippen molar-refractivity contribution in [2.45, 2.75) is 59.1 Å². The summed E-state index contributed by atoms with van der Waals surface area (Å²) in [7, 11) is 0. The largest absolute Gasteiger partial charge is 0.444 e. The first-order valence-electron chi connectivity index (χ1n) is 11.8. The van der Waals surface area contributed by atoms with E-state index in [9.17, 15) is 9.59 Å². The molecule has 0 unspecified atom stereocenters. The zero-order valence-electron chi connectivity index (χ0n) is 20.3. The van der Waals surface area contributed by atoms with E-state index in [-0.39, 0.29) is 12.0 Å². The molecule has 0 atom stereocenters. The van der Waals surface area contributed by atoms with Crippen LogP contribution in [0.1, 0.15) is 61.4 Å². The van der Waals surface area contributed by atoms with Crippen LogP contribution >= 0.6 is 0 Å². The summed E-state index contributed by atoms with van der Waals surface area (Å²) in [5.41, 5.74) is 4.46. The molecule has 0 spiro atoms. The summed E-state index contributed by atoms with van der Waals surface area (Å²) in [5.74, 6) is -0.236. The fraction of sp³-hybridized carbons (Fsp3) is 0.370.